The highest BCUT2D eigenvalue weighted by atomic mass is 16.2. The molecule has 0 aromatic heterocycles. The van der Waals surface area contributed by atoms with Gasteiger partial charge >= 0.3 is 6.03 Å². The standard InChI is InChI=1S/C7H15N3O/c1-2-10(8)7(11)9-5-3-4-6-9/h2-6,8H2,1H3. The van der Waals surface area contributed by atoms with Crippen LogP contribution in [0, 0.1) is 0 Å². The van der Waals surface area contributed by atoms with Crippen LogP contribution in [0.5, 0.6) is 0 Å². The lowest BCUT2D eigenvalue weighted by molar-refractivity contribution is 0.166. The van der Waals surface area contributed by atoms with Crippen LogP contribution in [0.1, 0.15) is 19.8 Å². The fourth-order valence-corrected chi connectivity index (χ4v) is 1.23. The highest BCUT2D eigenvalue weighted by molar-refractivity contribution is 5.73. The van der Waals surface area contributed by atoms with Gasteiger partial charge in [-0.3, -0.25) is 5.01 Å². The summed E-state index contributed by atoms with van der Waals surface area (Å²) in [6, 6.07) is -0.0370. The van der Waals surface area contributed by atoms with Crippen molar-refractivity contribution in [3.8, 4) is 0 Å². The molecule has 4 heteroatoms. The lowest BCUT2D eigenvalue weighted by atomic mass is 10.4. The lowest BCUT2D eigenvalue weighted by Gasteiger charge is -2.22. The van der Waals surface area contributed by atoms with E-state index in [-0.39, 0.29) is 6.03 Å². The molecular weight excluding hydrogens is 142 g/mol. The summed E-state index contributed by atoms with van der Waals surface area (Å²) in [5, 5.41) is 1.26. The number of carbonyl (C=O) groups is 1. The fraction of sp³-hybridized carbons (Fsp3) is 0.857. The Morgan fingerprint density at radius 3 is 2.55 bits per heavy atom. The third-order valence-corrected chi connectivity index (χ3v) is 1.96. The normalized spacial score (nSPS) is 17.1. The van der Waals surface area contributed by atoms with Crippen molar-refractivity contribution >= 4 is 6.03 Å². The largest absolute Gasteiger partial charge is 0.334 e. The first-order valence-electron chi connectivity index (χ1n) is 4.07. The van der Waals surface area contributed by atoms with Crippen LogP contribution in [0.4, 0.5) is 4.79 Å². The average Bonchev–Trinajstić information content (AvgIpc) is 2.53. The highest BCUT2D eigenvalue weighted by Gasteiger charge is 2.20. The number of rotatable bonds is 1. The first kappa shape index (κ1) is 8.33. The number of amides is 2. The van der Waals surface area contributed by atoms with Crippen LogP contribution >= 0.6 is 0 Å². The average molecular weight is 157 g/mol. The number of carbonyl (C=O) groups excluding carboxylic acids is 1. The van der Waals surface area contributed by atoms with Crippen LogP contribution in [0.2, 0.25) is 0 Å². The zero-order valence-electron chi connectivity index (χ0n) is 6.92. The minimum absolute atomic E-state index is 0.0370. The number of hydrogen-bond acceptors (Lipinski definition) is 2. The van der Waals surface area contributed by atoms with Gasteiger partial charge in [-0.15, -0.1) is 0 Å². The summed E-state index contributed by atoms with van der Waals surface area (Å²) < 4.78 is 0. The Labute approximate surface area is 66.9 Å². The number of hydrogen-bond donors (Lipinski definition) is 1. The minimum atomic E-state index is -0.0370. The van der Waals surface area contributed by atoms with Crippen molar-refractivity contribution in [2.45, 2.75) is 19.8 Å². The molecule has 1 heterocycles. The molecule has 0 bridgehead atoms. The molecule has 1 aliphatic heterocycles. The second kappa shape index (κ2) is 3.57. The maximum atomic E-state index is 11.3. The van der Waals surface area contributed by atoms with E-state index in [1.807, 2.05) is 6.92 Å². The van der Waals surface area contributed by atoms with E-state index in [1.54, 1.807) is 4.90 Å². The summed E-state index contributed by atoms with van der Waals surface area (Å²) in [5.41, 5.74) is 0. The molecule has 0 aliphatic carbocycles. The highest BCUT2D eigenvalue weighted by Crippen LogP contribution is 2.08. The third kappa shape index (κ3) is 1.83. The summed E-state index contributed by atoms with van der Waals surface area (Å²) in [6.45, 7) is 4.18. The Morgan fingerprint density at radius 2 is 2.09 bits per heavy atom. The predicted molar refractivity (Wildman–Crippen MR) is 42.8 cm³/mol. The second-order valence-corrected chi connectivity index (χ2v) is 2.76. The van der Waals surface area contributed by atoms with Crippen molar-refractivity contribution in [3.05, 3.63) is 0 Å². The van der Waals surface area contributed by atoms with Gasteiger partial charge in [-0.2, -0.15) is 0 Å². The van der Waals surface area contributed by atoms with Crippen molar-refractivity contribution in [2.24, 2.45) is 5.84 Å². The molecule has 11 heavy (non-hydrogen) atoms. The molecule has 1 fully saturated rings. The maximum absolute atomic E-state index is 11.3. The molecule has 2 N–H and O–H groups in total. The van der Waals surface area contributed by atoms with Crippen LogP contribution in [-0.4, -0.2) is 35.6 Å². The first-order chi connectivity index (χ1) is 5.25. The molecule has 2 amide bonds. The molecular formula is C7H15N3O. The maximum Gasteiger partial charge on any atom is 0.334 e. The van der Waals surface area contributed by atoms with E-state index >= 15 is 0 Å². The molecule has 1 saturated heterocycles. The van der Waals surface area contributed by atoms with Gasteiger partial charge in [-0.1, -0.05) is 0 Å². The third-order valence-electron chi connectivity index (χ3n) is 1.96. The second-order valence-electron chi connectivity index (χ2n) is 2.76. The van der Waals surface area contributed by atoms with Gasteiger partial charge in [-0.25, -0.2) is 10.6 Å². The fourth-order valence-electron chi connectivity index (χ4n) is 1.23. The van der Waals surface area contributed by atoms with Crippen LogP contribution in [0.15, 0.2) is 0 Å². The van der Waals surface area contributed by atoms with Gasteiger partial charge in [0.2, 0.25) is 0 Å². The van der Waals surface area contributed by atoms with Crippen LogP contribution in [-0.2, 0) is 0 Å². The monoisotopic (exact) mass is 157 g/mol. The van der Waals surface area contributed by atoms with Crippen molar-refractivity contribution < 1.29 is 4.79 Å². The Bertz CT molecular complexity index is 143. The number of nitrogens with zero attached hydrogens (tertiary/aromatic N) is 2. The van der Waals surface area contributed by atoms with Crippen molar-refractivity contribution in [1.82, 2.24) is 9.91 Å². The molecule has 1 rings (SSSR count). The van der Waals surface area contributed by atoms with E-state index in [4.69, 9.17) is 5.84 Å². The molecule has 0 aromatic rings. The summed E-state index contributed by atoms with van der Waals surface area (Å²) >= 11 is 0. The van der Waals surface area contributed by atoms with E-state index in [2.05, 4.69) is 0 Å². The Morgan fingerprint density at radius 1 is 1.55 bits per heavy atom. The van der Waals surface area contributed by atoms with E-state index < -0.39 is 0 Å². The summed E-state index contributed by atoms with van der Waals surface area (Å²) in [6.07, 6.45) is 2.23. The Hall–Kier alpha value is -0.770. The minimum Gasteiger partial charge on any atom is -0.324 e. The molecule has 0 aromatic carbocycles. The Kier molecular flexibility index (Phi) is 2.70. The van der Waals surface area contributed by atoms with E-state index in [1.165, 1.54) is 5.01 Å². The van der Waals surface area contributed by atoms with Gasteiger partial charge in [0.25, 0.3) is 0 Å². The lowest BCUT2D eigenvalue weighted by Crippen LogP contribution is -2.45. The molecule has 0 unspecified atom stereocenters. The molecule has 0 atom stereocenters. The van der Waals surface area contributed by atoms with E-state index in [9.17, 15) is 4.79 Å². The molecule has 1 aliphatic rings. The summed E-state index contributed by atoms with van der Waals surface area (Å²) in [7, 11) is 0. The zero-order chi connectivity index (χ0) is 8.27. The van der Waals surface area contributed by atoms with E-state index in [0.717, 1.165) is 25.9 Å². The van der Waals surface area contributed by atoms with Crippen LogP contribution in [0.25, 0.3) is 0 Å². The van der Waals surface area contributed by atoms with E-state index in [0.29, 0.717) is 6.54 Å². The SMILES string of the molecule is CCN(N)C(=O)N1CCCC1. The summed E-state index contributed by atoms with van der Waals surface area (Å²) in [4.78, 5) is 13.1. The molecule has 0 saturated carbocycles. The number of likely N-dealkylation sites (tertiary alicyclic amines) is 1. The van der Waals surface area contributed by atoms with Crippen molar-refractivity contribution in [3.63, 3.8) is 0 Å². The van der Waals surface area contributed by atoms with Crippen molar-refractivity contribution in [1.29, 1.82) is 0 Å². The predicted octanol–water partition coefficient (Wildman–Crippen LogP) is 0.398. The zero-order valence-corrected chi connectivity index (χ0v) is 6.92. The molecule has 64 valence electrons. The summed E-state index contributed by atoms with van der Waals surface area (Å²) in [5.74, 6) is 5.44. The molecule has 0 radical (unpaired) electrons. The number of hydrazine groups is 1. The topological polar surface area (TPSA) is 49.6 Å². The van der Waals surface area contributed by atoms with Gasteiger partial charge in [0.1, 0.15) is 0 Å². The van der Waals surface area contributed by atoms with Crippen molar-refractivity contribution in [2.75, 3.05) is 19.6 Å². The van der Waals surface area contributed by atoms with Gasteiger partial charge in [0.15, 0.2) is 0 Å². The van der Waals surface area contributed by atoms with Crippen LogP contribution < -0.4 is 5.84 Å². The number of nitrogens with two attached hydrogens (primary N) is 1. The van der Waals surface area contributed by atoms with Gasteiger partial charge in [0, 0.05) is 19.6 Å². The molecule has 0 spiro atoms. The van der Waals surface area contributed by atoms with Gasteiger partial charge < -0.3 is 4.90 Å². The van der Waals surface area contributed by atoms with Gasteiger partial charge in [0.05, 0.1) is 0 Å². The Balaban J connectivity index is 2.39. The smallest absolute Gasteiger partial charge is 0.324 e. The first-order valence-corrected chi connectivity index (χ1v) is 4.07. The van der Waals surface area contributed by atoms with Crippen LogP contribution in [0.3, 0.4) is 0 Å². The molecule has 4 nitrogen and oxygen atoms in total. The quantitative estimate of drug-likeness (QED) is 0.340. The van der Waals surface area contributed by atoms with Gasteiger partial charge in [-0.05, 0) is 19.8 Å². The number of urea groups is 1.